The Morgan fingerprint density at radius 3 is 2.82 bits per heavy atom. The molecule has 0 radical (unpaired) electrons. The largest absolute Gasteiger partial charge is 0.465 e. The third kappa shape index (κ3) is 3.03. The molecular weight excluding hydrogens is 313 g/mol. The van der Waals surface area contributed by atoms with Gasteiger partial charge in [-0.25, -0.2) is 9.78 Å². The zero-order chi connectivity index (χ0) is 16.4. The molecule has 9 heteroatoms. The first-order chi connectivity index (χ1) is 10.3. The highest BCUT2D eigenvalue weighted by molar-refractivity contribution is 7.12. The Morgan fingerprint density at radius 2 is 2.23 bits per heavy atom. The SMILES string of the molecule is Cc1nc(-c2cccc([N+](=O)[O-])c2F)c(CN(C)C(=O)O)s1. The molecule has 0 saturated carbocycles. The average Bonchev–Trinajstić information content (AvgIpc) is 2.79. The Labute approximate surface area is 128 Å². The Morgan fingerprint density at radius 1 is 1.55 bits per heavy atom. The second-order valence-electron chi connectivity index (χ2n) is 4.54. The van der Waals surface area contributed by atoms with Crippen molar-refractivity contribution in [2.45, 2.75) is 13.5 Å². The molecule has 7 nitrogen and oxygen atoms in total. The Bertz CT molecular complexity index is 747. The summed E-state index contributed by atoms with van der Waals surface area (Å²) in [5.41, 5.74) is -0.412. The van der Waals surface area contributed by atoms with Crippen LogP contribution in [0, 0.1) is 22.9 Å². The molecule has 0 unspecified atom stereocenters. The van der Waals surface area contributed by atoms with E-state index >= 15 is 0 Å². The number of carboxylic acid groups (broad SMARTS) is 1. The van der Waals surface area contributed by atoms with Crippen LogP contribution in [0.15, 0.2) is 18.2 Å². The Balaban J connectivity index is 2.52. The number of hydrogen-bond donors (Lipinski definition) is 1. The highest BCUT2D eigenvalue weighted by Crippen LogP contribution is 2.33. The number of hydrogen-bond acceptors (Lipinski definition) is 5. The lowest BCUT2D eigenvalue weighted by atomic mass is 10.1. The standard InChI is InChI=1S/C13H12FN3O4S/c1-7-15-12(10(22-7)6-16(2)13(18)19)8-4-3-5-9(11(8)14)17(20)21/h3-5H,6H2,1-2H3,(H,18,19). The molecule has 0 saturated heterocycles. The van der Waals surface area contributed by atoms with Gasteiger partial charge in [-0.1, -0.05) is 6.07 Å². The monoisotopic (exact) mass is 325 g/mol. The van der Waals surface area contributed by atoms with Gasteiger partial charge in [-0.15, -0.1) is 11.3 Å². The van der Waals surface area contributed by atoms with Crippen molar-refractivity contribution in [3.63, 3.8) is 0 Å². The molecule has 0 bridgehead atoms. The van der Waals surface area contributed by atoms with Gasteiger partial charge in [0.25, 0.3) is 0 Å². The van der Waals surface area contributed by atoms with Crippen molar-refractivity contribution in [1.29, 1.82) is 0 Å². The molecular formula is C13H12FN3O4S. The zero-order valence-electron chi connectivity index (χ0n) is 11.7. The van der Waals surface area contributed by atoms with Gasteiger partial charge in [-0.05, 0) is 13.0 Å². The van der Waals surface area contributed by atoms with Crippen LogP contribution in [-0.4, -0.2) is 33.1 Å². The van der Waals surface area contributed by atoms with E-state index in [0.717, 1.165) is 11.0 Å². The number of amides is 1. The van der Waals surface area contributed by atoms with Crippen LogP contribution in [-0.2, 0) is 6.54 Å². The van der Waals surface area contributed by atoms with Crippen molar-refractivity contribution in [3.05, 3.63) is 44.0 Å². The van der Waals surface area contributed by atoms with Crippen LogP contribution < -0.4 is 0 Å². The molecule has 0 aliphatic rings. The van der Waals surface area contributed by atoms with Gasteiger partial charge in [0.2, 0.25) is 5.82 Å². The van der Waals surface area contributed by atoms with E-state index in [4.69, 9.17) is 5.11 Å². The molecule has 1 heterocycles. The Hall–Kier alpha value is -2.55. The lowest BCUT2D eigenvalue weighted by Gasteiger charge is -2.12. The summed E-state index contributed by atoms with van der Waals surface area (Å²) in [5, 5.41) is 20.4. The van der Waals surface area contributed by atoms with Crippen LogP contribution >= 0.6 is 11.3 Å². The van der Waals surface area contributed by atoms with E-state index in [0.29, 0.717) is 9.88 Å². The molecule has 116 valence electrons. The molecule has 2 rings (SSSR count). The predicted molar refractivity (Wildman–Crippen MR) is 78.4 cm³/mol. The first kappa shape index (κ1) is 15.8. The number of carbonyl (C=O) groups is 1. The molecule has 0 atom stereocenters. The smallest absolute Gasteiger partial charge is 0.407 e. The summed E-state index contributed by atoms with van der Waals surface area (Å²) in [7, 11) is 1.38. The number of aryl methyl sites for hydroxylation is 1. The maximum absolute atomic E-state index is 14.3. The highest BCUT2D eigenvalue weighted by atomic mass is 32.1. The van der Waals surface area contributed by atoms with Crippen LogP contribution in [0.1, 0.15) is 9.88 Å². The number of rotatable bonds is 4. The van der Waals surface area contributed by atoms with Gasteiger partial charge in [0.15, 0.2) is 0 Å². The van der Waals surface area contributed by atoms with E-state index in [1.807, 2.05) is 0 Å². The molecule has 0 spiro atoms. The first-order valence-electron chi connectivity index (χ1n) is 6.15. The zero-order valence-corrected chi connectivity index (χ0v) is 12.6. The van der Waals surface area contributed by atoms with E-state index in [-0.39, 0.29) is 17.8 Å². The van der Waals surface area contributed by atoms with Crippen LogP contribution in [0.2, 0.25) is 0 Å². The Kier molecular flexibility index (Phi) is 4.36. The number of nitro benzene ring substituents is 1. The maximum atomic E-state index is 14.3. The van der Waals surface area contributed by atoms with Crippen LogP contribution in [0.5, 0.6) is 0 Å². The second-order valence-corrected chi connectivity index (χ2v) is 5.83. The molecule has 1 aromatic carbocycles. The van der Waals surface area contributed by atoms with Crippen LogP contribution in [0.4, 0.5) is 14.9 Å². The normalized spacial score (nSPS) is 10.5. The van der Waals surface area contributed by atoms with Crippen LogP contribution in [0.25, 0.3) is 11.3 Å². The van der Waals surface area contributed by atoms with Gasteiger partial charge < -0.3 is 10.0 Å². The maximum Gasteiger partial charge on any atom is 0.407 e. The number of nitro groups is 1. The topological polar surface area (TPSA) is 96.6 Å². The van der Waals surface area contributed by atoms with Crippen molar-refractivity contribution in [3.8, 4) is 11.3 Å². The van der Waals surface area contributed by atoms with Crippen molar-refractivity contribution in [2.24, 2.45) is 0 Å². The van der Waals surface area contributed by atoms with Crippen molar-refractivity contribution in [1.82, 2.24) is 9.88 Å². The quantitative estimate of drug-likeness (QED) is 0.687. The van der Waals surface area contributed by atoms with E-state index in [1.165, 1.54) is 30.5 Å². The molecule has 0 aliphatic carbocycles. The lowest BCUT2D eigenvalue weighted by molar-refractivity contribution is -0.387. The van der Waals surface area contributed by atoms with Gasteiger partial charge in [0.05, 0.1) is 27.0 Å². The van der Waals surface area contributed by atoms with Gasteiger partial charge in [0.1, 0.15) is 0 Å². The molecule has 1 N–H and O–H groups in total. The van der Waals surface area contributed by atoms with E-state index in [1.54, 1.807) is 6.92 Å². The summed E-state index contributed by atoms with van der Waals surface area (Å²) in [6.45, 7) is 1.73. The molecule has 22 heavy (non-hydrogen) atoms. The summed E-state index contributed by atoms with van der Waals surface area (Å²) in [4.78, 5) is 26.7. The van der Waals surface area contributed by atoms with E-state index < -0.39 is 22.5 Å². The summed E-state index contributed by atoms with van der Waals surface area (Å²) < 4.78 is 14.3. The molecule has 1 aromatic heterocycles. The second kappa shape index (κ2) is 6.06. The fourth-order valence-corrected chi connectivity index (χ4v) is 2.92. The number of thiazole rings is 1. The van der Waals surface area contributed by atoms with Crippen LogP contribution in [0.3, 0.4) is 0 Å². The highest BCUT2D eigenvalue weighted by Gasteiger charge is 2.23. The van der Waals surface area contributed by atoms with Crippen molar-refractivity contribution >= 4 is 23.1 Å². The van der Waals surface area contributed by atoms with E-state index in [9.17, 15) is 19.3 Å². The fraction of sp³-hybridized carbons (Fsp3) is 0.231. The minimum atomic E-state index is -1.13. The molecule has 0 fully saturated rings. The minimum Gasteiger partial charge on any atom is -0.465 e. The third-order valence-electron chi connectivity index (χ3n) is 2.94. The summed E-state index contributed by atoms with van der Waals surface area (Å²) in [6, 6.07) is 3.83. The van der Waals surface area contributed by atoms with Crippen molar-refractivity contribution < 1.29 is 19.2 Å². The summed E-state index contributed by atoms with van der Waals surface area (Å²) in [6.07, 6.45) is -1.13. The predicted octanol–water partition coefficient (Wildman–Crippen LogP) is 3.28. The number of benzene rings is 1. The van der Waals surface area contributed by atoms with Crippen molar-refractivity contribution in [2.75, 3.05) is 7.05 Å². The first-order valence-corrected chi connectivity index (χ1v) is 6.96. The fourth-order valence-electron chi connectivity index (χ4n) is 1.91. The summed E-state index contributed by atoms with van der Waals surface area (Å²) in [5.74, 6) is -0.975. The lowest BCUT2D eigenvalue weighted by Crippen LogP contribution is -2.23. The summed E-state index contributed by atoms with van der Waals surface area (Å²) >= 11 is 1.23. The molecule has 1 amide bonds. The number of nitrogens with zero attached hydrogens (tertiary/aromatic N) is 3. The minimum absolute atomic E-state index is 0.00709. The molecule has 0 aliphatic heterocycles. The average molecular weight is 325 g/mol. The van der Waals surface area contributed by atoms with Gasteiger partial charge in [-0.3, -0.25) is 10.1 Å². The van der Waals surface area contributed by atoms with Gasteiger partial charge in [-0.2, -0.15) is 4.39 Å². The van der Waals surface area contributed by atoms with Gasteiger partial charge in [0, 0.05) is 18.7 Å². The van der Waals surface area contributed by atoms with E-state index in [2.05, 4.69) is 4.98 Å². The third-order valence-corrected chi connectivity index (χ3v) is 3.90. The molecule has 2 aromatic rings. The van der Waals surface area contributed by atoms with Gasteiger partial charge >= 0.3 is 11.8 Å². The number of halogens is 1. The number of aromatic nitrogens is 1.